The lowest BCUT2D eigenvalue weighted by Crippen LogP contribution is -2.32. The van der Waals surface area contributed by atoms with Gasteiger partial charge in [-0.05, 0) is 48.9 Å². The zero-order chi connectivity index (χ0) is 17.1. The molecule has 3 rings (SSSR count). The van der Waals surface area contributed by atoms with Crippen LogP contribution in [-0.4, -0.2) is 36.0 Å². The predicted molar refractivity (Wildman–Crippen MR) is 89.6 cm³/mol. The quantitative estimate of drug-likeness (QED) is 0.594. The molecule has 0 radical (unpaired) electrons. The number of carbonyl (C=O) groups is 3. The number of carboxylic acid groups (broad SMARTS) is 1. The van der Waals surface area contributed by atoms with Crippen molar-refractivity contribution in [2.24, 2.45) is 0 Å². The van der Waals surface area contributed by atoms with E-state index in [4.69, 9.17) is 5.11 Å². The molecule has 0 unspecified atom stereocenters. The third kappa shape index (κ3) is 3.42. The summed E-state index contributed by atoms with van der Waals surface area (Å²) in [5, 5.41) is 10.8. The highest BCUT2D eigenvalue weighted by Crippen LogP contribution is 2.37. The second-order valence-corrected chi connectivity index (χ2v) is 6.40. The maximum absolute atomic E-state index is 12.4. The summed E-state index contributed by atoms with van der Waals surface area (Å²) >= 11 is 0. The van der Waals surface area contributed by atoms with E-state index in [1.54, 1.807) is 0 Å². The minimum absolute atomic E-state index is 0.135. The molecule has 0 aliphatic carbocycles. The third-order valence-electron chi connectivity index (χ3n) is 4.73. The standard InChI is InChI=1S/C18H22N2O4/c21-15(4-2-1-3-8-19-18(23)24)14-10-12-5-6-16(22)20-9-7-13(11-14)17(12)20/h10-11,19H,1-9H2,(H,23,24). The van der Waals surface area contributed by atoms with Gasteiger partial charge in [0.2, 0.25) is 5.91 Å². The van der Waals surface area contributed by atoms with Gasteiger partial charge < -0.3 is 15.3 Å². The van der Waals surface area contributed by atoms with E-state index in [0.717, 1.165) is 61.0 Å². The summed E-state index contributed by atoms with van der Waals surface area (Å²) in [4.78, 5) is 36.6. The number of carbonyl (C=O) groups excluding carboxylic acids is 2. The molecular weight excluding hydrogens is 308 g/mol. The van der Waals surface area contributed by atoms with E-state index in [9.17, 15) is 14.4 Å². The van der Waals surface area contributed by atoms with Crippen molar-refractivity contribution < 1.29 is 19.5 Å². The number of ketones is 1. The van der Waals surface area contributed by atoms with Crippen LogP contribution in [0.3, 0.4) is 0 Å². The van der Waals surface area contributed by atoms with Crippen molar-refractivity contribution in [2.75, 3.05) is 18.0 Å². The number of hydrogen-bond donors (Lipinski definition) is 2. The molecular formula is C18H22N2O4. The maximum Gasteiger partial charge on any atom is 0.404 e. The Bertz CT molecular complexity index is 684. The first-order chi connectivity index (χ1) is 11.6. The topological polar surface area (TPSA) is 86.7 Å². The fourth-order valence-corrected chi connectivity index (χ4v) is 3.55. The number of benzene rings is 1. The summed E-state index contributed by atoms with van der Waals surface area (Å²) in [7, 11) is 0. The molecule has 2 amide bonds. The normalized spacial score (nSPS) is 15.3. The second-order valence-electron chi connectivity index (χ2n) is 6.40. The van der Waals surface area contributed by atoms with Crippen LogP contribution in [0.5, 0.6) is 0 Å². The molecule has 0 bridgehead atoms. The SMILES string of the molecule is O=C(O)NCCCCCC(=O)c1cc2c3c(c1)CCN3C(=O)CC2. The minimum atomic E-state index is -1.01. The fourth-order valence-electron chi connectivity index (χ4n) is 3.55. The van der Waals surface area contributed by atoms with Crippen molar-refractivity contribution in [3.8, 4) is 0 Å². The number of unbranched alkanes of at least 4 members (excludes halogenated alkanes) is 2. The number of aryl methyl sites for hydroxylation is 1. The Morgan fingerprint density at radius 3 is 2.58 bits per heavy atom. The molecule has 0 aromatic heterocycles. The molecule has 0 saturated heterocycles. The minimum Gasteiger partial charge on any atom is -0.465 e. The van der Waals surface area contributed by atoms with Gasteiger partial charge in [-0.1, -0.05) is 6.42 Å². The average molecular weight is 330 g/mol. The Hall–Kier alpha value is -2.37. The lowest BCUT2D eigenvalue weighted by Gasteiger charge is -2.25. The van der Waals surface area contributed by atoms with Crippen molar-refractivity contribution >= 4 is 23.5 Å². The molecule has 128 valence electrons. The summed E-state index contributed by atoms with van der Waals surface area (Å²) in [5.74, 6) is 0.325. The van der Waals surface area contributed by atoms with Crippen LogP contribution < -0.4 is 10.2 Å². The number of Topliss-reactive ketones (excluding diaryl/α,β-unsaturated/α-hetero) is 1. The van der Waals surface area contributed by atoms with Crippen LogP contribution in [0.25, 0.3) is 0 Å². The van der Waals surface area contributed by atoms with Crippen molar-refractivity contribution in [1.82, 2.24) is 5.32 Å². The van der Waals surface area contributed by atoms with Crippen LogP contribution in [0.4, 0.5) is 10.5 Å². The van der Waals surface area contributed by atoms with Gasteiger partial charge in [0.1, 0.15) is 0 Å². The summed E-state index contributed by atoms with van der Waals surface area (Å²) in [6.45, 7) is 1.16. The van der Waals surface area contributed by atoms with Crippen LogP contribution in [0, 0.1) is 0 Å². The monoisotopic (exact) mass is 330 g/mol. The molecule has 0 saturated carbocycles. The molecule has 2 aliphatic heterocycles. The van der Waals surface area contributed by atoms with Crippen molar-refractivity contribution in [1.29, 1.82) is 0 Å². The Morgan fingerprint density at radius 2 is 1.83 bits per heavy atom. The van der Waals surface area contributed by atoms with Crippen LogP contribution >= 0.6 is 0 Å². The first kappa shape index (κ1) is 16.5. The van der Waals surface area contributed by atoms with Gasteiger partial charge in [-0.2, -0.15) is 0 Å². The summed E-state index contributed by atoms with van der Waals surface area (Å²) in [6.07, 6.45) is 3.88. The molecule has 6 nitrogen and oxygen atoms in total. The van der Waals surface area contributed by atoms with Crippen LogP contribution in [0.15, 0.2) is 12.1 Å². The first-order valence-corrected chi connectivity index (χ1v) is 8.52. The predicted octanol–water partition coefficient (Wildman–Crippen LogP) is 2.53. The number of nitrogens with one attached hydrogen (secondary N) is 1. The lowest BCUT2D eigenvalue weighted by atomic mass is 9.94. The van der Waals surface area contributed by atoms with Gasteiger partial charge >= 0.3 is 6.09 Å². The molecule has 0 fully saturated rings. The van der Waals surface area contributed by atoms with Crippen LogP contribution in [0.2, 0.25) is 0 Å². The summed E-state index contributed by atoms with van der Waals surface area (Å²) in [5.41, 5.74) is 4.04. The van der Waals surface area contributed by atoms with Crippen molar-refractivity contribution in [3.63, 3.8) is 0 Å². The van der Waals surface area contributed by atoms with Gasteiger partial charge in [0.05, 0.1) is 5.69 Å². The Morgan fingerprint density at radius 1 is 1.08 bits per heavy atom. The first-order valence-electron chi connectivity index (χ1n) is 8.52. The number of amides is 2. The van der Waals surface area contributed by atoms with E-state index in [1.807, 2.05) is 17.0 Å². The van der Waals surface area contributed by atoms with Crippen LogP contribution in [0.1, 0.15) is 53.6 Å². The fraction of sp³-hybridized carbons (Fsp3) is 0.500. The average Bonchev–Trinajstić information content (AvgIpc) is 2.99. The van der Waals surface area contributed by atoms with Gasteiger partial charge in [-0.3, -0.25) is 9.59 Å². The van der Waals surface area contributed by atoms with Gasteiger partial charge in [0.15, 0.2) is 5.78 Å². The van der Waals surface area contributed by atoms with Gasteiger partial charge in [0.25, 0.3) is 0 Å². The second kappa shape index (κ2) is 7.03. The molecule has 2 heterocycles. The van der Waals surface area contributed by atoms with Gasteiger partial charge in [-0.25, -0.2) is 4.79 Å². The van der Waals surface area contributed by atoms with Gasteiger partial charge in [-0.15, -0.1) is 0 Å². The lowest BCUT2D eigenvalue weighted by molar-refractivity contribution is -0.118. The van der Waals surface area contributed by atoms with E-state index in [1.165, 1.54) is 0 Å². The highest BCUT2D eigenvalue weighted by atomic mass is 16.4. The Kier molecular flexibility index (Phi) is 4.83. The number of nitrogens with zero attached hydrogens (tertiary/aromatic N) is 1. The maximum atomic E-state index is 12.4. The van der Waals surface area contributed by atoms with E-state index in [0.29, 0.717) is 19.4 Å². The Labute approximate surface area is 140 Å². The number of rotatable bonds is 7. The van der Waals surface area contributed by atoms with E-state index in [2.05, 4.69) is 5.32 Å². The molecule has 2 N–H and O–H groups in total. The Balaban J connectivity index is 1.57. The molecule has 24 heavy (non-hydrogen) atoms. The van der Waals surface area contributed by atoms with E-state index < -0.39 is 6.09 Å². The van der Waals surface area contributed by atoms with E-state index in [-0.39, 0.29) is 11.7 Å². The third-order valence-corrected chi connectivity index (χ3v) is 4.73. The van der Waals surface area contributed by atoms with Crippen LogP contribution in [-0.2, 0) is 17.6 Å². The molecule has 0 spiro atoms. The molecule has 6 heteroatoms. The van der Waals surface area contributed by atoms with Gasteiger partial charge in [0, 0.05) is 31.5 Å². The molecule has 1 aromatic carbocycles. The highest BCUT2D eigenvalue weighted by molar-refractivity contribution is 6.02. The number of hydrogen-bond acceptors (Lipinski definition) is 3. The molecule has 0 atom stereocenters. The van der Waals surface area contributed by atoms with Crippen molar-refractivity contribution in [2.45, 2.75) is 44.9 Å². The molecule has 2 aliphatic rings. The van der Waals surface area contributed by atoms with E-state index >= 15 is 0 Å². The smallest absolute Gasteiger partial charge is 0.404 e. The zero-order valence-electron chi connectivity index (χ0n) is 13.6. The van der Waals surface area contributed by atoms with Crippen molar-refractivity contribution in [3.05, 3.63) is 28.8 Å². The summed E-state index contributed by atoms with van der Waals surface area (Å²) in [6, 6.07) is 3.91. The zero-order valence-corrected chi connectivity index (χ0v) is 13.6. The highest BCUT2D eigenvalue weighted by Gasteiger charge is 2.31. The number of anilines is 1. The molecule has 1 aromatic rings. The summed E-state index contributed by atoms with van der Waals surface area (Å²) < 4.78 is 0. The largest absolute Gasteiger partial charge is 0.465 e.